The van der Waals surface area contributed by atoms with Crippen LogP contribution in [0.4, 0.5) is 0 Å². The molecule has 0 aromatic rings. The Morgan fingerprint density at radius 3 is 3.00 bits per heavy atom. The minimum Gasteiger partial charge on any atom is -0.662 e. The van der Waals surface area contributed by atoms with Crippen LogP contribution in [0.15, 0.2) is 0 Å². The first kappa shape index (κ1) is 6.94. The zero-order valence-electron chi connectivity index (χ0n) is 5.90. The van der Waals surface area contributed by atoms with Crippen LogP contribution >= 0.6 is 0 Å². The first-order valence-electron chi connectivity index (χ1n) is 3.69. The van der Waals surface area contributed by atoms with Crippen molar-refractivity contribution in [2.75, 3.05) is 13.1 Å². The van der Waals surface area contributed by atoms with Gasteiger partial charge in [0.1, 0.15) is 0 Å². The molecule has 0 aromatic carbocycles. The summed E-state index contributed by atoms with van der Waals surface area (Å²) in [7, 11) is 0. The van der Waals surface area contributed by atoms with Crippen LogP contribution in [0.5, 0.6) is 0 Å². The first-order valence-corrected chi connectivity index (χ1v) is 3.69. The molecule has 0 bridgehead atoms. The molecule has 9 heavy (non-hydrogen) atoms. The highest BCUT2D eigenvalue weighted by Gasteiger charge is 2.06. The Morgan fingerprint density at radius 1 is 1.56 bits per heavy atom. The Bertz CT molecular complexity index is 65.0. The fraction of sp³-hybridized carbons (Fsp3) is 0.750. The van der Waals surface area contributed by atoms with Crippen molar-refractivity contribution in [3.8, 4) is 0 Å². The summed E-state index contributed by atoms with van der Waals surface area (Å²) in [6, 6.07) is 0. The van der Waals surface area contributed by atoms with E-state index in [4.69, 9.17) is 0 Å². The Balaban J connectivity index is 1.98. The molecule has 0 amide bonds. The lowest BCUT2D eigenvalue weighted by Crippen LogP contribution is -1.93. The Kier molecular flexibility index (Phi) is 2.92. The number of nitrogens with zero attached hydrogens (tertiary/aromatic N) is 1. The predicted octanol–water partition coefficient (Wildman–Crippen LogP) is 2.34. The van der Waals surface area contributed by atoms with Crippen LogP contribution in [0.25, 0.3) is 5.32 Å². The van der Waals surface area contributed by atoms with Crippen LogP contribution in [-0.4, -0.2) is 13.1 Å². The molecule has 0 atom stereocenters. The van der Waals surface area contributed by atoms with Gasteiger partial charge >= 0.3 is 0 Å². The molecule has 1 heteroatoms. The van der Waals surface area contributed by atoms with Gasteiger partial charge < -0.3 is 5.32 Å². The quantitative estimate of drug-likeness (QED) is 0.513. The molecular weight excluding hydrogens is 110 g/mol. The average molecular weight is 124 g/mol. The topological polar surface area (TPSA) is 14.1 Å². The molecule has 1 heterocycles. The third-order valence-electron chi connectivity index (χ3n) is 1.74. The van der Waals surface area contributed by atoms with Crippen molar-refractivity contribution in [3.63, 3.8) is 0 Å². The molecule has 0 unspecified atom stereocenters. The van der Waals surface area contributed by atoms with E-state index in [9.17, 15) is 0 Å². The minimum absolute atomic E-state index is 1.04. The van der Waals surface area contributed by atoms with Crippen molar-refractivity contribution >= 4 is 0 Å². The van der Waals surface area contributed by atoms with Gasteiger partial charge in [0.05, 0.1) is 13.3 Å². The molecule has 0 aliphatic carbocycles. The predicted molar refractivity (Wildman–Crippen MR) is 40.2 cm³/mol. The number of rotatable bonds is 3. The molecule has 1 aliphatic rings. The number of hydrogen-bond donors (Lipinski definition) is 0. The summed E-state index contributed by atoms with van der Waals surface area (Å²) >= 11 is 0. The standard InChI is InChI=1S/C8H14N/c1-2-3-4-8-5-6-9-7-8/h1-7H2. The summed E-state index contributed by atoms with van der Waals surface area (Å²) in [4.78, 5) is 0. The van der Waals surface area contributed by atoms with Crippen molar-refractivity contribution < 1.29 is 0 Å². The van der Waals surface area contributed by atoms with E-state index in [0.29, 0.717) is 0 Å². The van der Waals surface area contributed by atoms with Gasteiger partial charge in [-0.2, -0.15) is 0 Å². The fourth-order valence-corrected chi connectivity index (χ4v) is 1.13. The van der Waals surface area contributed by atoms with Crippen LogP contribution in [0.3, 0.4) is 0 Å². The van der Waals surface area contributed by atoms with E-state index in [1.807, 2.05) is 0 Å². The molecule has 0 aromatic heterocycles. The molecule has 1 saturated heterocycles. The van der Waals surface area contributed by atoms with Gasteiger partial charge in [-0.05, 0) is 18.8 Å². The minimum atomic E-state index is 1.04. The SMILES string of the molecule is [CH2+]CCC[C]1CC[N-]C1. The summed E-state index contributed by atoms with van der Waals surface area (Å²) in [6.07, 6.45) is 4.85. The van der Waals surface area contributed by atoms with Gasteiger partial charge in [-0.1, -0.05) is 6.42 Å². The summed E-state index contributed by atoms with van der Waals surface area (Å²) in [5.74, 6) is 1.64. The molecule has 1 aliphatic heterocycles. The van der Waals surface area contributed by atoms with E-state index >= 15 is 0 Å². The fourth-order valence-electron chi connectivity index (χ4n) is 1.13. The van der Waals surface area contributed by atoms with E-state index in [0.717, 1.165) is 19.5 Å². The molecule has 1 nitrogen and oxygen atoms in total. The van der Waals surface area contributed by atoms with Crippen LogP contribution in [0.2, 0.25) is 0 Å². The lowest BCUT2D eigenvalue weighted by Gasteiger charge is -2.09. The monoisotopic (exact) mass is 124 g/mol. The van der Waals surface area contributed by atoms with Gasteiger partial charge in [0, 0.05) is 0 Å². The molecule has 1 fully saturated rings. The van der Waals surface area contributed by atoms with E-state index in [1.54, 1.807) is 5.92 Å². The van der Waals surface area contributed by atoms with Crippen molar-refractivity contribution in [2.24, 2.45) is 0 Å². The maximum absolute atomic E-state index is 4.26. The van der Waals surface area contributed by atoms with Gasteiger partial charge in [-0.15, -0.1) is 13.1 Å². The second-order valence-electron chi connectivity index (χ2n) is 2.56. The van der Waals surface area contributed by atoms with Gasteiger partial charge in [0.2, 0.25) is 0 Å². The zero-order chi connectivity index (χ0) is 6.53. The van der Waals surface area contributed by atoms with Gasteiger partial charge in [-0.25, -0.2) is 0 Å². The average Bonchev–Trinajstić information content (AvgIpc) is 2.34. The lowest BCUT2D eigenvalue weighted by molar-refractivity contribution is 0.732. The van der Waals surface area contributed by atoms with Crippen molar-refractivity contribution in [1.82, 2.24) is 0 Å². The molecular formula is C8H14N. The van der Waals surface area contributed by atoms with Crippen molar-refractivity contribution in [1.29, 1.82) is 0 Å². The van der Waals surface area contributed by atoms with Crippen LogP contribution in [0, 0.1) is 12.8 Å². The van der Waals surface area contributed by atoms with Crippen LogP contribution < -0.4 is 0 Å². The Hall–Kier alpha value is -0.170. The normalized spacial score (nSPS) is 20.9. The van der Waals surface area contributed by atoms with Crippen molar-refractivity contribution in [3.05, 3.63) is 18.2 Å². The maximum Gasteiger partial charge on any atom is 0.0850 e. The second kappa shape index (κ2) is 3.78. The van der Waals surface area contributed by atoms with E-state index in [1.165, 1.54) is 19.3 Å². The molecule has 0 saturated carbocycles. The summed E-state index contributed by atoms with van der Waals surface area (Å²) in [5, 5.41) is 4.26. The van der Waals surface area contributed by atoms with Crippen molar-refractivity contribution in [2.45, 2.75) is 25.7 Å². The highest BCUT2D eigenvalue weighted by Crippen LogP contribution is 2.23. The summed E-state index contributed by atoms with van der Waals surface area (Å²) in [6.45, 7) is 5.92. The third-order valence-corrected chi connectivity index (χ3v) is 1.74. The first-order chi connectivity index (χ1) is 4.43. The Labute approximate surface area is 57.8 Å². The Morgan fingerprint density at radius 2 is 2.44 bits per heavy atom. The molecule has 0 spiro atoms. The highest BCUT2D eigenvalue weighted by molar-refractivity contribution is 5.10. The van der Waals surface area contributed by atoms with Gasteiger partial charge in [0.25, 0.3) is 0 Å². The molecule has 51 valence electrons. The van der Waals surface area contributed by atoms with E-state index < -0.39 is 0 Å². The molecule has 1 radical (unpaired) electrons. The van der Waals surface area contributed by atoms with Gasteiger partial charge in [0.15, 0.2) is 0 Å². The van der Waals surface area contributed by atoms with Crippen LogP contribution in [-0.2, 0) is 0 Å². The number of hydrogen-bond acceptors (Lipinski definition) is 0. The largest absolute Gasteiger partial charge is 0.662 e. The van der Waals surface area contributed by atoms with E-state index in [2.05, 4.69) is 12.2 Å². The van der Waals surface area contributed by atoms with Gasteiger partial charge in [-0.3, -0.25) is 0 Å². The zero-order valence-corrected chi connectivity index (χ0v) is 5.90. The lowest BCUT2D eigenvalue weighted by atomic mass is 10.0. The van der Waals surface area contributed by atoms with Crippen LogP contribution in [0.1, 0.15) is 25.7 Å². The summed E-state index contributed by atoms with van der Waals surface area (Å²) < 4.78 is 0. The summed E-state index contributed by atoms with van der Waals surface area (Å²) in [5.41, 5.74) is 0. The number of unbranched alkanes of at least 4 members (excludes halogenated alkanes) is 1. The maximum atomic E-state index is 4.26. The van der Waals surface area contributed by atoms with E-state index in [-0.39, 0.29) is 0 Å². The highest BCUT2D eigenvalue weighted by atomic mass is 14.9. The second-order valence-corrected chi connectivity index (χ2v) is 2.56. The smallest absolute Gasteiger partial charge is 0.0850 e. The molecule has 1 rings (SSSR count). The third kappa shape index (κ3) is 2.27. The molecule has 0 N–H and O–H groups in total.